The molecule has 7 nitrogen and oxygen atoms in total. The summed E-state index contributed by atoms with van der Waals surface area (Å²) in [6.45, 7) is 2.19. The normalized spacial score (nSPS) is 11.3. The van der Waals surface area contributed by atoms with Crippen LogP contribution in [0.5, 0.6) is 0 Å². The number of carboxylic acid groups (broad SMARTS) is 1. The molecular weight excluding hydrogens is 434 g/mol. The van der Waals surface area contributed by atoms with E-state index in [0.717, 1.165) is 13.8 Å². The van der Waals surface area contributed by atoms with Gasteiger partial charge in [-0.05, 0) is 60.4 Å². The van der Waals surface area contributed by atoms with Crippen LogP contribution in [0.2, 0.25) is 0 Å². The van der Waals surface area contributed by atoms with Gasteiger partial charge in [0.05, 0.1) is 11.0 Å². The van der Waals surface area contributed by atoms with E-state index in [1.807, 2.05) is 0 Å². The molecular formula is C24H20F2N2O5. The summed E-state index contributed by atoms with van der Waals surface area (Å²) in [6.07, 6.45) is -2.94. The Morgan fingerprint density at radius 2 is 1.33 bits per heavy atom. The summed E-state index contributed by atoms with van der Waals surface area (Å²) in [5, 5.41) is 19.9. The summed E-state index contributed by atoms with van der Waals surface area (Å²) >= 11 is 0. The fourth-order valence-electron chi connectivity index (χ4n) is 2.60. The second-order valence-electron chi connectivity index (χ2n) is 7.46. The van der Waals surface area contributed by atoms with Crippen LogP contribution in [0.1, 0.15) is 45.7 Å². The van der Waals surface area contributed by atoms with Gasteiger partial charge in [0.15, 0.2) is 0 Å². The second-order valence-corrected chi connectivity index (χ2v) is 7.46. The zero-order chi connectivity index (χ0) is 24.6. The van der Waals surface area contributed by atoms with E-state index in [0.29, 0.717) is 11.1 Å². The number of alkyl halides is 2. The Hall–Kier alpha value is -4.21. The van der Waals surface area contributed by atoms with E-state index in [9.17, 15) is 23.2 Å². The molecule has 0 saturated heterocycles. The molecule has 0 saturated carbocycles. The van der Waals surface area contributed by atoms with Crippen molar-refractivity contribution < 1.29 is 33.5 Å². The van der Waals surface area contributed by atoms with Gasteiger partial charge >= 0.3 is 5.97 Å². The number of hydroxylamine groups is 1. The van der Waals surface area contributed by atoms with E-state index in [1.54, 1.807) is 12.1 Å². The predicted octanol–water partition coefficient (Wildman–Crippen LogP) is 2.68. The maximum Gasteiger partial charge on any atom is 0.335 e. The van der Waals surface area contributed by atoms with Crippen molar-refractivity contribution in [3.05, 3.63) is 70.8 Å². The summed E-state index contributed by atoms with van der Waals surface area (Å²) in [5.74, 6) is 7.84. The first-order chi connectivity index (χ1) is 15.6. The zero-order valence-corrected chi connectivity index (χ0v) is 17.6. The SMILES string of the molecule is CC(C)(C(F)F)[C@H](NC(=O)c1ccc(C#CC#Cc2ccc(C(=O)O)cc2)cc1)C(=O)NO. The fourth-order valence-corrected chi connectivity index (χ4v) is 2.60. The molecule has 170 valence electrons. The molecule has 4 N–H and O–H groups in total. The zero-order valence-electron chi connectivity index (χ0n) is 17.6. The highest BCUT2D eigenvalue weighted by Gasteiger charge is 2.43. The van der Waals surface area contributed by atoms with Crippen LogP contribution in [0.4, 0.5) is 8.78 Å². The minimum Gasteiger partial charge on any atom is -0.478 e. The molecule has 1 atom stereocenters. The lowest BCUT2D eigenvalue weighted by Crippen LogP contribution is -2.56. The summed E-state index contributed by atoms with van der Waals surface area (Å²) in [4.78, 5) is 35.1. The largest absolute Gasteiger partial charge is 0.478 e. The van der Waals surface area contributed by atoms with Crippen molar-refractivity contribution in [3.8, 4) is 23.7 Å². The van der Waals surface area contributed by atoms with E-state index >= 15 is 0 Å². The Bertz CT molecular complexity index is 1150. The van der Waals surface area contributed by atoms with Gasteiger partial charge in [-0.1, -0.05) is 25.7 Å². The van der Waals surface area contributed by atoms with Gasteiger partial charge in [-0.2, -0.15) is 0 Å². The molecule has 33 heavy (non-hydrogen) atoms. The van der Waals surface area contributed by atoms with Crippen molar-refractivity contribution in [1.82, 2.24) is 10.8 Å². The standard InChI is InChI=1S/C24H20F2N2O5/c1-24(2,23(25)26)19(21(30)28-33)27-20(29)17-11-7-15(8-12-17)5-3-4-6-16-9-13-18(14-10-16)22(31)32/h7-14,19,23,33H,1-2H3,(H,27,29)(H,28,30)(H,31,32)/t19-/m1/s1. The molecule has 0 radical (unpaired) electrons. The van der Waals surface area contributed by atoms with Crippen LogP contribution < -0.4 is 10.8 Å². The monoisotopic (exact) mass is 454 g/mol. The molecule has 0 spiro atoms. The number of carboxylic acids is 1. The maximum absolute atomic E-state index is 13.3. The molecule has 0 bridgehead atoms. The number of halogens is 2. The van der Waals surface area contributed by atoms with Crippen LogP contribution in [-0.2, 0) is 4.79 Å². The lowest BCUT2D eigenvalue weighted by molar-refractivity contribution is -0.137. The van der Waals surface area contributed by atoms with Gasteiger partial charge < -0.3 is 10.4 Å². The topological polar surface area (TPSA) is 116 Å². The summed E-state index contributed by atoms with van der Waals surface area (Å²) in [5.41, 5.74) is 0.738. The average molecular weight is 454 g/mol. The Morgan fingerprint density at radius 3 is 1.73 bits per heavy atom. The van der Waals surface area contributed by atoms with Crippen molar-refractivity contribution in [2.45, 2.75) is 26.3 Å². The first-order valence-corrected chi connectivity index (χ1v) is 9.54. The molecule has 0 heterocycles. The van der Waals surface area contributed by atoms with Crippen molar-refractivity contribution in [3.63, 3.8) is 0 Å². The van der Waals surface area contributed by atoms with Gasteiger partial charge in [0.25, 0.3) is 11.8 Å². The van der Waals surface area contributed by atoms with Gasteiger partial charge in [0.1, 0.15) is 6.04 Å². The maximum atomic E-state index is 13.3. The van der Waals surface area contributed by atoms with Crippen LogP contribution in [-0.4, -0.2) is 40.6 Å². The van der Waals surface area contributed by atoms with Crippen molar-refractivity contribution in [2.24, 2.45) is 5.41 Å². The van der Waals surface area contributed by atoms with Gasteiger partial charge in [-0.3, -0.25) is 14.8 Å². The lowest BCUT2D eigenvalue weighted by Gasteiger charge is -2.32. The van der Waals surface area contributed by atoms with Crippen molar-refractivity contribution >= 4 is 17.8 Å². The number of carbonyl (C=O) groups is 3. The molecule has 0 fully saturated rings. The molecule has 2 aromatic rings. The number of amides is 2. The first-order valence-electron chi connectivity index (χ1n) is 9.54. The van der Waals surface area contributed by atoms with Gasteiger partial charge in [0, 0.05) is 16.7 Å². The number of hydrogen-bond acceptors (Lipinski definition) is 4. The van der Waals surface area contributed by atoms with E-state index in [-0.39, 0.29) is 11.1 Å². The molecule has 2 rings (SSSR count). The number of benzene rings is 2. The quantitative estimate of drug-likeness (QED) is 0.304. The predicted molar refractivity (Wildman–Crippen MR) is 115 cm³/mol. The Balaban J connectivity index is 2.09. The third-order valence-electron chi connectivity index (χ3n) is 4.71. The second kappa shape index (κ2) is 10.9. The Kier molecular flexibility index (Phi) is 8.27. The molecule has 0 aromatic heterocycles. The van der Waals surface area contributed by atoms with Crippen LogP contribution in [0, 0.1) is 29.1 Å². The Morgan fingerprint density at radius 1 is 0.879 bits per heavy atom. The minimum absolute atomic E-state index is 0.103. The number of nitrogens with one attached hydrogen (secondary N) is 2. The molecule has 9 heteroatoms. The number of aromatic carboxylic acids is 1. The van der Waals surface area contributed by atoms with Gasteiger partial charge in [-0.25, -0.2) is 19.1 Å². The first kappa shape index (κ1) is 25.1. The molecule has 0 aliphatic heterocycles. The molecule has 0 aliphatic carbocycles. The van der Waals surface area contributed by atoms with E-state index < -0.39 is 35.7 Å². The number of carbonyl (C=O) groups excluding carboxylic acids is 2. The average Bonchev–Trinajstić information content (AvgIpc) is 2.80. The van der Waals surface area contributed by atoms with Crippen molar-refractivity contribution in [2.75, 3.05) is 0 Å². The third-order valence-corrected chi connectivity index (χ3v) is 4.71. The highest BCUT2D eigenvalue weighted by molar-refractivity contribution is 5.97. The summed E-state index contributed by atoms with van der Waals surface area (Å²) in [7, 11) is 0. The summed E-state index contributed by atoms with van der Waals surface area (Å²) in [6, 6.07) is 10.2. The van der Waals surface area contributed by atoms with Crippen LogP contribution in [0.25, 0.3) is 0 Å². The highest BCUT2D eigenvalue weighted by atomic mass is 19.3. The smallest absolute Gasteiger partial charge is 0.335 e. The third kappa shape index (κ3) is 6.63. The summed E-state index contributed by atoms with van der Waals surface area (Å²) < 4.78 is 26.6. The van der Waals surface area contributed by atoms with E-state index in [2.05, 4.69) is 29.0 Å². The molecule has 0 unspecified atom stereocenters. The highest BCUT2D eigenvalue weighted by Crippen LogP contribution is 2.29. The van der Waals surface area contributed by atoms with Crippen LogP contribution in [0.3, 0.4) is 0 Å². The van der Waals surface area contributed by atoms with Gasteiger partial charge in [-0.15, -0.1) is 0 Å². The van der Waals surface area contributed by atoms with Crippen molar-refractivity contribution in [1.29, 1.82) is 0 Å². The number of hydrogen-bond donors (Lipinski definition) is 4. The number of rotatable bonds is 6. The van der Waals surface area contributed by atoms with Crippen LogP contribution in [0.15, 0.2) is 48.5 Å². The molecule has 2 aromatic carbocycles. The minimum atomic E-state index is -2.94. The molecule has 0 aliphatic rings. The van der Waals surface area contributed by atoms with E-state index in [1.165, 1.54) is 41.9 Å². The Labute approximate surface area is 188 Å². The molecule has 2 amide bonds. The van der Waals surface area contributed by atoms with Gasteiger partial charge in [0.2, 0.25) is 6.43 Å². The fraction of sp³-hybridized carbons (Fsp3) is 0.208. The van der Waals surface area contributed by atoms with Crippen LogP contribution >= 0.6 is 0 Å². The van der Waals surface area contributed by atoms with E-state index in [4.69, 9.17) is 10.3 Å². The lowest BCUT2D eigenvalue weighted by atomic mass is 9.84.